The molecule has 5 unspecified atom stereocenters. The SMILES string of the molecule is CC1=C(C(O)C2CC(C3CCCC3C3CCCC3)N2)CCC(C(F)(F)F)=C1. The Morgan fingerprint density at radius 1 is 1.04 bits per heavy atom. The highest BCUT2D eigenvalue weighted by Crippen LogP contribution is 2.47. The van der Waals surface area contributed by atoms with Crippen molar-refractivity contribution in [3.63, 3.8) is 0 Å². The molecule has 1 aliphatic heterocycles. The van der Waals surface area contributed by atoms with Crippen molar-refractivity contribution < 1.29 is 18.3 Å². The van der Waals surface area contributed by atoms with Crippen molar-refractivity contribution >= 4 is 0 Å². The lowest BCUT2D eigenvalue weighted by Gasteiger charge is -2.46. The molecule has 0 aromatic carbocycles. The third kappa shape index (κ3) is 3.87. The molecule has 4 aliphatic rings. The van der Waals surface area contributed by atoms with E-state index >= 15 is 0 Å². The molecule has 4 rings (SSSR count). The third-order valence-corrected chi connectivity index (χ3v) is 7.75. The highest BCUT2D eigenvalue weighted by atomic mass is 19.4. The third-order valence-electron chi connectivity index (χ3n) is 7.75. The van der Waals surface area contributed by atoms with Gasteiger partial charge in [0, 0.05) is 17.7 Å². The molecule has 2 nitrogen and oxygen atoms in total. The highest BCUT2D eigenvalue weighted by Gasteiger charge is 2.46. The van der Waals surface area contributed by atoms with Gasteiger partial charge in [-0.3, -0.25) is 0 Å². The highest BCUT2D eigenvalue weighted by molar-refractivity contribution is 5.37. The van der Waals surface area contributed by atoms with Gasteiger partial charge in [-0.2, -0.15) is 13.2 Å². The first-order valence-electron chi connectivity index (χ1n) is 10.8. The molecule has 152 valence electrons. The Kier molecular flexibility index (Phi) is 5.45. The zero-order valence-corrected chi connectivity index (χ0v) is 16.2. The van der Waals surface area contributed by atoms with Crippen LogP contribution in [0, 0.1) is 17.8 Å². The van der Waals surface area contributed by atoms with Crippen LogP contribution in [0.15, 0.2) is 22.8 Å². The van der Waals surface area contributed by atoms with Crippen molar-refractivity contribution in [3.8, 4) is 0 Å². The van der Waals surface area contributed by atoms with Gasteiger partial charge in [0.1, 0.15) is 0 Å². The maximum absolute atomic E-state index is 12.9. The monoisotopic (exact) mass is 383 g/mol. The molecule has 0 aromatic rings. The number of hydrogen-bond acceptors (Lipinski definition) is 2. The fourth-order valence-electron chi connectivity index (χ4n) is 6.27. The molecule has 0 spiro atoms. The standard InChI is InChI=1S/C22H32F3NO/c1-13-11-15(22(23,24)25)9-10-16(13)21(27)20-12-19(26-20)18-8-4-7-17(18)14-5-2-3-6-14/h11,14,17-21,26-27H,2-10,12H2,1H3. The van der Waals surface area contributed by atoms with Gasteiger partial charge in [-0.15, -0.1) is 0 Å². The number of rotatable bonds is 4. The first kappa shape index (κ1) is 19.5. The number of aliphatic hydroxyl groups is 1. The summed E-state index contributed by atoms with van der Waals surface area (Å²) in [5, 5.41) is 14.4. The van der Waals surface area contributed by atoms with Crippen LogP contribution in [0.25, 0.3) is 0 Å². The van der Waals surface area contributed by atoms with Gasteiger partial charge in [0.2, 0.25) is 0 Å². The van der Waals surface area contributed by atoms with Gasteiger partial charge in [0.15, 0.2) is 0 Å². The number of nitrogens with one attached hydrogen (secondary N) is 1. The zero-order valence-electron chi connectivity index (χ0n) is 16.2. The molecule has 27 heavy (non-hydrogen) atoms. The average molecular weight is 383 g/mol. The van der Waals surface area contributed by atoms with Gasteiger partial charge in [-0.05, 0) is 67.9 Å². The first-order valence-corrected chi connectivity index (χ1v) is 10.8. The molecule has 3 aliphatic carbocycles. The molecule has 1 saturated heterocycles. The maximum Gasteiger partial charge on any atom is 0.412 e. The molecular formula is C22H32F3NO. The lowest BCUT2D eigenvalue weighted by atomic mass is 9.72. The van der Waals surface area contributed by atoms with Crippen LogP contribution in [0.5, 0.6) is 0 Å². The normalized spacial score (nSPS) is 36.7. The quantitative estimate of drug-likeness (QED) is 0.692. The summed E-state index contributed by atoms with van der Waals surface area (Å²) in [7, 11) is 0. The fraction of sp³-hybridized carbons (Fsp3) is 0.818. The molecule has 0 bridgehead atoms. The van der Waals surface area contributed by atoms with E-state index in [4.69, 9.17) is 0 Å². The van der Waals surface area contributed by atoms with Crippen molar-refractivity contribution in [1.29, 1.82) is 0 Å². The van der Waals surface area contributed by atoms with Gasteiger partial charge >= 0.3 is 6.18 Å². The molecular weight excluding hydrogens is 351 g/mol. The minimum absolute atomic E-state index is 0.00520. The Labute approximate surface area is 160 Å². The van der Waals surface area contributed by atoms with E-state index in [0.29, 0.717) is 18.0 Å². The Bertz CT molecular complexity index is 612. The van der Waals surface area contributed by atoms with Gasteiger partial charge in [0.25, 0.3) is 0 Å². The summed E-state index contributed by atoms with van der Waals surface area (Å²) in [4.78, 5) is 0. The molecule has 1 heterocycles. The van der Waals surface area contributed by atoms with Crippen LogP contribution in [-0.4, -0.2) is 29.5 Å². The van der Waals surface area contributed by atoms with Crippen molar-refractivity contribution in [2.45, 2.75) is 95.5 Å². The number of aliphatic hydroxyl groups excluding tert-OH is 1. The van der Waals surface area contributed by atoms with Crippen LogP contribution in [-0.2, 0) is 0 Å². The number of halogens is 3. The predicted molar refractivity (Wildman–Crippen MR) is 100 cm³/mol. The molecule has 2 saturated carbocycles. The first-order chi connectivity index (χ1) is 12.8. The van der Waals surface area contributed by atoms with Crippen LogP contribution >= 0.6 is 0 Å². The second-order valence-corrected chi connectivity index (χ2v) is 9.24. The summed E-state index contributed by atoms with van der Waals surface area (Å²) in [5.74, 6) is 2.48. The molecule has 5 heteroatoms. The summed E-state index contributed by atoms with van der Waals surface area (Å²) in [6.07, 6.45) is 7.10. The van der Waals surface area contributed by atoms with E-state index in [1.54, 1.807) is 6.92 Å². The molecule has 0 radical (unpaired) electrons. The zero-order chi connectivity index (χ0) is 19.2. The lowest BCUT2D eigenvalue weighted by molar-refractivity contribution is -0.0944. The van der Waals surface area contributed by atoms with Gasteiger partial charge < -0.3 is 10.4 Å². The van der Waals surface area contributed by atoms with E-state index in [-0.39, 0.29) is 12.5 Å². The van der Waals surface area contributed by atoms with Crippen LogP contribution in [0.1, 0.15) is 71.1 Å². The number of alkyl halides is 3. The van der Waals surface area contributed by atoms with Crippen LogP contribution in [0.2, 0.25) is 0 Å². The molecule has 0 amide bonds. The van der Waals surface area contributed by atoms with Gasteiger partial charge in [-0.1, -0.05) is 38.2 Å². The van der Waals surface area contributed by atoms with Crippen LogP contribution in [0.4, 0.5) is 13.2 Å². The largest absolute Gasteiger partial charge is 0.412 e. The van der Waals surface area contributed by atoms with E-state index in [9.17, 15) is 18.3 Å². The van der Waals surface area contributed by atoms with Crippen molar-refractivity contribution in [1.82, 2.24) is 5.32 Å². The minimum atomic E-state index is -4.25. The Hall–Kier alpha value is -0.810. The fourth-order valence-corrected chi connectivity index (χ4v) is 6.27. The summed E-state index contributed by atoms with van der Waals surface area (Å²) in [6, 6.07) is 0.495. The number of hydrogen-bond donors (Lipinski definition) is 2. The minimum Gasteiger partial charge on any atom is -0.387 e. The molecule has 2 N–H and O–H groups in total. The Morgan fingerprint density at radius 3 is 2.33 bits per heavy atom. The van der Waals surface area contributed by atoms with Crippen LogP contribution < -0.4 is 5.32 Å². The van der Waals surface area contributed by atoms with Crippen molar-refractivity contribution in [2.75, 3.05) is 0 Å². The lowest BCUT2D eigenvalue weighted by Crippen LogP contribution is -2.61. The van der Waals surface area contributed by atoms with Crippen LogP contribution in [0.3, 0.4) is 0 Å². The summed E-state index contributed by atoms with van der Waals surface area (Å²) >= 11 is 0. The van der Waals surface area contributed by atoms with E-state index < -0.39 is 17.9 Å². The maximum atomic E-state index is 12.9. The molecule has 3 fully saturated rings. The van der Waals surface area contributed by atoms with Crippen molar-refractivity contribution in [2.24, 2.45) is 17.8 Å². The predicted octanol–water partition coefficient (Wildman–Crippen LogP) is 5.28. The smallest absolute Gasteiger partial charge is 0.387 e. The van der Waals surface area contributed by atoms with E-state index in [1.807, 2.05) is 0 Å². The summed E-state index contributed by atoms with van der Waals surface area (Å²) < 4.78 is 38.7. The van der Waals surface area contributed by atoms with Gasteiger partial charge in [-0.25, -0.2) is 0 Å². The topological polar surface area (TPSA) is 32.3 Å². The summed E-state index contributed by atoms with van der Waals surface area (Å²) in [6.45, 7) is 1.70. The van der Waals surface area contributed by atoms with Gasteiger partial charge in [0.05, 0.1) is 6.10 Å². The van der Waals surface area contributed by atoms with E-state index in [1.165, 1.54) is 51.0 Å². The molecule has 5 atom stereocenters. The Morgan fingerprint density at radius 2 is 1.70 bits per heavy atom. The number of allylic oxidation sites excluding steroid dienone is 3. The van der Waals surface area contributed by atoms with Crippen molar-refractivity contribution in [3.05, 3.63) is 22.8 Å². The van der Waals surface area contributed by atoms with E-state index in [2.05, 4.69) is 5.32 Å². The second-order valence-electron chi connectivity index (χ2n) is 9.24. The summed E-state index contributed by atoms with van der Waals surface area (Å²) in [5.41, 5.74) is 0.912. The Balaban J connectivity index is 1.36. The average Bonchev–Trinajstić information content (AvgIpc) is 3.23. The second kappa shape index (κ2) is 7.55. The van der Waals surface area contributed by atoms with E-state index in [0.717, 1.165) is 29.7 Å². The molecule has 0 aromatic heterocycles.